The number of halogens is 3. The molecule has 0 unspecified atom stereocenters. The molecule has 1 aromatic heterocycles. The Morgan fingerprint density at radius 2 is 1.55 bits per heavy atom. The maximum Gasteiger partial charge on any atom is 0.265 e. The van der Waals surface area contributed by atoms with Gasteiger partial charge in [0.1, 0.15) is 0 Å². The second-order valence-corrected chi connectivity index (χ2v) is 7.48. The number of hydrogen-bond donors (Lipinski definition) is 1. The highest BCUT2D eigenvalue weighted by Crippen LogP contribution is 2.31. The van der Waals surface area contributed by atoms with Gasteiger partial charge in [-0.2, -0.15) is 0 Å². The van der Waals surface area contributed by atoms with E-state index in [0.717, 1.165) is 0 Å². The number of fused-ring (bicyclic) bond motifs is 1. The molecule has 0 aliphatic heterocycles. The monoisotopic (exact) mass is 442 g/mol. The van der Waals surface area contributed by atoms with Crippen LogP contribution in [0.3, 0.4) is 0 Å². The summed E-state index contributed by atoms with van der Waals surface area (Å²) in [5, 5.41) is 13.2. The first kappa shape index (κ1) is 19.5. The van der Waals surface area contributed by atoms with Gasteiger partial charge < -0.3 is 5.11 Å². The number of benzene rings is 3. The second-order valence-electron chi connectivity index (χ2n) is 6.23. The molecule has 3 aromatic carbocycles. The van der Waals surface area contributed by atoms with Gasteiger partial charge in [0.25, 0.3) is 5.56 Å². The summed E-state index contributed by atoms with van der Waals surface area (Å²) in [5.41, 5.74) is 0.843. The Hall–Kier alpha value is -2.79. The van der Waals surface area contributed by atoms with Crippen LogP contribution in [0.25, 0.3) is 16.5 Å². The summed E-state index contributed by atoms with van der Waals surface area (Å²) in [4.78, 5) is 17.5. The Kier molecular flexibility index (Phi) is 5.33. The lowest BCUT2D eigenvalue weighted by Gasteiger charge is -2.14. The Balaban J connectivity index is 2.00. The van der Waals surface area contributed by atoms with Gasteiger partial charge in [0.05, 0.1) is 27.0 Å². The summed E-state index contributed by atoms with van der Waals surface area (Å²) in [7, 11) is 0. The fourth-order valence-electron chi connectivity index (χ4n) is 3.07. The second kappa shape index (κ2) is 7.91. The van der Waals surface area contributed by atoms with Crippen molar-refractivity contribution in [2.24, 2.45) is 4.99 Å². The summed E-state index contributed by atoms with van der Waals surface area (Å²) < 4.78 is 1.18. The number of rotatable bonds is 3. The standard InChI is InChI=1S/C22H13Cl3N2O2/c23-13-9-10-19(18(25)11-13)26-12-16-14-5-1-2-6-15(14)21(28)27(22(16)29)20-8-4-3-7-17(20)24/h1-12,29H. The molecule has 4 aromatic rings. The minimum Gasteiger partial charge on any atom is -0.494 e. The Morgan fingerprint density at radius 3 is 2.28 bits per heavy atom. The molecule has 4 rings (SSSR count). The van der Waals surface area contributed by atoms with Crippen LogP contribution in [0.1, 0.15) is 5.56 Å². The summed E-state index contributed by atoms with van der Waals surface area (Å²) in [6.45, 7) is 0. The fourth-order valence-corrected chi connectivity index (χ4v) is 3.74. The van der Waals surface area contributed by atoms with Gasteiger partial charge in [-0.25, -0.2) is 4.57 Å². The lowest BCUT2D eigenvalue weighted by atomic mass is 10.1. The number of aromatic nitrogens is 1. The normalized spacial score (nSPS) is 11.4. The van der Waals surface area contributed by atoms with E-state index in [1.807, 2.05) is 0 Å². The Labute approximate surface area is 181 Å². The number of aliphatic imine (C=N–C) groups is 1. The molecule has 0 radical (unpaired) electrons. The van der Waals surface area contributed by atoms with E-state index in [-0.39, 0.29) is 11.4 Å². The molecule has 1 heterocycles. The van der Waals surface area contributed by atoms with Crippen LogP contribution in [-0.4, -0.2) is 15.9 Å². The average Bonchev–Trinajstić information content (AvgIpc) is 2.71. The zero-order valence-corrected chi connectivity index (χ0v) is 17.1. The van der Waals surface area contributed by atoms with Crippen molar-refractivity contribution in [1.82, 2.24) is 4.57 Å². The van der Waals surface area contributed by atoms with Crippen molar-refractivity contribution in [3.8, 4) is 11.6 Å². The van der Waals surface area contributed by atoms with E-state index in [4.69, 9.17) is 34.8 Å². The summed E-state index contributed by atoms with van der Waals surface area (Å²) >= 11 is 18.4. The first-order chi connectivity index (χ1) is 14.0. The third kappa shape index (κ3) is 3.62. The quantitative estimate of drug-likeness (QED) is 0.372. The molecular weight excluding hydrogens is 431 g/mol. The lowest BCUT2D eigenvalue weighted by Crippen LogP contribution is -2.20. The van der Waals surface area contributed by atoms with E-state index < -0.39 is 0 Å². The zero-order chi connectivity index (χ0) is 20.5. The van der Waals surface area contributed by atoms with Crippen LogP contribution in [0.2, 0.25) is 15.1 Å². The van der Waals surface area contributed by atoms with E-state index in [1.54, 1.807) is 66.7 Å². The first-order valence-electron chi connectivity index (χ1n) is 8.58. The highest BCUT2D eigenvalue weighted by molar-refractivity contribution is 6.36. The maximum atomic E-state index is 13.1. The van der Waals surface area contributed by atoms with Gasteiger partial charge in [-0.15, -0.1) is 0 Å². The van der Waals surface area contributed by atoms with Crippen molar-refractivity contribution in [3.05, 3.63) is 97.7 Å². The summed E-state index contributed by atoms with van der Waals surface area (Å²) in [5.74, 6) is -0.268. The predicted octanol–water partition coefficient (Wildman–Crippen LogP) is 6.41. The molecule has 0 saturated heterocycles. The molecule has 0 bridgehead atoms. The molecule has 0 aliphatic rings. The molecular formula is C22H13Cl3N2O2. The van der Waals surface area contributed by atoms with Crippen molar-refractivity contribution in [1.29, 1.82) is 0 Å². The van der Waals surface area contributed by atoms with Crippen LogP contribution in [0.5, 0.6) is 5.88 Å². The minimum absolute atomic E-state index is 0.268. The minimum atomic E-state index is -0.382. The van der Waals surface area contributed by atoms with Gasteiger partial charge >= 0.3 is 0 Å². The topological polar surface area (TPSA) is 54.6 Å². The van der Waals surface area contributed by atoms with E-state index in [1.165, 1.54) is 10.8 Å². The van der Waals surface area contributed by atoms with Crippen molar-refractivity contribution < 1.29 is 5.11 Å². The smallest absolute Gasteiger partial charge is 0.265 e. The molecule has 0 fully saturated rings. The third-order valence-corrected chi connectivity index (χ3v) is 5.30. The third-order valence-electron chi connectivity index (χ3n) is 4.44. The highest BCUT2D eigenvalue weighted by Gasteiger charge is 2.17. The van der Waals surface area contributed by atoms with Crippen LogP contribution in [0.15, 0.2) is 76.5 Å². The lowest BCUT2D eigenvalue weighted by molar-refractivity contribution is 0.436. The first-order valence-corrected chi connectivity index (χ1v) is 9.71. The van der Waals surface area contributed by atoms with Crippen molar-refractivity contribution >= 4 is 57.5 Å². The van der Waals surface area contributed by atoms with Crippen LogP contribution in [0.4, 0.5) is 5.69 Å². The number of nitrogens with zero attached hydrogens (tertiary/aromatic N) is 2. The molecule has 7 heteroatoms. The number of aromatic hydroxyl groups is 1. The maximum absolute atomic E-state index is 13.1. The molecule has 1 N–H and O–H groups in total. The Morgan fingerprint density at radius 1 is 0.862 bits per heavy atom. The molecule has 0 amide bonds. The van der Waals surface area contributed by atoms with Gasteiger partial charge in [-0.1, -0.05) is 65.1 Å². The largest absolute Gasteiger partial charge is 0.494 e. The summed E-state index contributed by atoms with van der Waals surface area (Å²) in [6, 6.07) is 18.7. The zero-order valence-electron chi connectivity index (χ0n) is 14.8. The molecule has 0 atom stereocenters. The fraction of sp³-hybridized carbons (Fsp3) is 0. The van der Waals surface area contributed by atoms with Crippen molar-refractivity contribution in [3.63, 3.8) is 0 Å². The van der Waals surface area contributed by atoms with Crippen LogP contribution >= 0.6 is 34.8 Å². The highest BCUT2D eigenvalue weighted by atomic mass is 35.5. The number of pyridine rings is 1. The van der Waals surface area contributed by atoms with Gasteiger partial charge in [-0.05, 0) is 36.4 Å². The molecule has 144 valence electrons. The van der Waals surface area contributed by atoms with E-state index in [0.29, 0.717) is 42.8 Å². The predicted molar refractivity (Wildman–Crippen MR) is 120 cm³/mol. The van der Waals surface area contributed by atoms with Crippen molar-refractivity contribution in [2.45, 2.75) is 0 Å². The molecule has 4 nitrogen and oxygen atoms in total. The van der Waals surface area contributed by atoms with Gasteiger partial charge in [0.15, 0.2) is 0 Å². The SMILES string of the molecule is O=c1c2ccccc2c(C=Nc2ccc(Cl)cc2Cl)c(O)n1-c1ccccc1Cl. The van der Waals surface area contributed by atoms with E-state index >= 15 is 0 Å². The van der Waals surface area contributed by atoms with Gasteiger partial charge in [0, 0.05) is 22.0 Å². The van der Waals surface area contributed by atoms with Crippen LogP contribution in [0, 0.1) is 0 Å². The van der Waals surface area contributed by atoms with Crippen molar-refractivity contribution in [2.75, 3.05) is 0 Å². The van der Waals surface area contributed by atoms with Crippen LogP contribution < -0.4 is 5.56 Å². The molecule has 0 aliphatic carbocycles. The van der Waals surface area contributed by atoms with Crippen LogP contribution in [-0.2, 0) is 0 Å². The van der Waals surface area contributed by atoms with E-state index in [9.17, 15) is 9.90 Å². The summed E-state index contributed by atoms with van der Waals surface area (Å²) in [6.07, 6.45) is 1.47. The number of para-hydroxylation sites is 1. The van der Waals surface area contributed by atoms with Gasteiger partial charge in [0.2, 0.25) is 5.88 Å². The average molecular weight is 444 g/mol. The Bertz CT molecular complexity index is 1330. The van der Waals surface area contributed by atoms with Gasteiger partial charge in [-0.3, -0.25) is 9.79 Å². The number of hydrogen-bond acceptors (Lipinski definition) is 3. The molecule has 0 spiro atoms. The molecule has 29 heavy (non-hydrogen) atoms. The van der Waals surface area contributed by atoms with E-state index in [2.05, 4.69) is 4.99 Å². The molecule has 0 saturated carbocycles.